The van der Waals surface area contributed by atoms with Gasteiger partial charge in [0, 0.05) is 17.1 Å². The molecule has 0 atom stereocenters. The van der Waals surface area contributed by atoms with Crippen molar-refractivity contribution in [2.45, 2.75) is 5.16 Å². The molecule has 0 aliphatic heterocycles. The number of aromatic nitrogens is 3. The van der Waals surface area contributed by atoms with Gasteiger partial charge in [0.2, 0.25) is 0 Å². The normalized spacial score (nSPS) is 11.0. The minimum absolute atomic E-state index is 0.0555. The first-order valence-electron chi connectivity index (χ1n) is 5.96. The zero-order chi connectivity index (χ0) is 15.0. The van der Waals surface area contributed by atoms with Crippen LogP contribution in [-0.2, 0) is 0 Å². The number of fused-ring (bicyclic) bond motifs is 1. The molecule has 7 heteroatoms. The molecule has 1 aromatic carbocycles. The summed E-state index contributed by atoms with van der Waals surface area (Å²) in [5.74, 6) is -0.636. The number of para-hydroxylation sites is 1. The molecule has 3 rings (SSSR count). The van der Waals surface area contributed by atoms with Crippen molar-refractivity contribution in [3.63, 3.8) is 0 Å². The molecule has 0 bridgehead atoms. The summed E-state index contributed by atoms with van der Waals surface area (Å²) in [5, 5.41) is 10.6. The van der Waals surface area contributed by atoms with Crippen LogP contribution in [0.15, 0.2) is 35.6 Å². The minimum Gasteiger partial charge on any atom is -0.507 e. The maximum absolute atomic E-state index is 14.2. The lowest BCUT2D eigenvalue weighted by molar-refractivity contribution is 0.477. The molecular weight excluding hydrogens is 313 g/mol. The first kappa shape index (κ1) is 14.0. The fraction of sp³-hybridized carbons (Fsp3) is 0.0714. The van der Waals surface area contributed by atoms with Crippen LogP contribution in [0.5, 0.6) is 5.75 Å². The van der Waals surface area contributed by atoms with Gasteiger partial charge in [-0.3, -0.25) is 0 Å². The molecule has 2 aromatic heterocycles. The highest BCUT2D eigenvalue weighted by molar-refractivity contribution is 7.98. The fourth-order valence-corrected chi connectivity index (χ4v) is 2.49. The summed E-state index contributed by atoms with van der Waals surface area (Å²) in [6.07, 6.45) is 3.20. The molecule has 21 heavy (non-hydrogen) atoms. The average molecular weight is 322 g/mol. The van der Waals surface area contributed by atoms with Crippen LogP contribution < -0.4 is 0 Å². The summed E-state index contributed by atoms with van der Waals surface area (Å²) in [6.45, 7) is 0. The summed E-state index contributed by atoms with van der Waals surface area (Å²) in [5.41, 5.74) is 1.00. The van der Waals surface area contributed by atoms with Crippen molar-refractivity contribution in [1.29, 1.82) is 0 Å². The predicted molar refractivity (Wildman–Crippen MR) is 81.2 cm³/mol. The highest BCUT2D eigenvalue weighted by atomic mass is 35.5. The van der Waals surface area contributed by atoms with E-state index in [-0.39, 0.29) is 16.4 Å². The molecule has 1 N–H and O–H groups in total. The smallest absolute Gasteiger partial charge is 0.188 e. The lowest BCUT2D eigenvalue weighted by atomic mass is 10.1. The maximum Gasteiger partial charge on any atom is 0.188 e. The van der Waals surface area contributed by atoms with Crippen LogP contribution in [0.25, 0.3) is 22.2 Å². The summed E-state index contributed by atoms with van der Waals surface area (Å²) >= 11 is 6.99. The fourth-order valence-electron chi connectivity index (χ4n) is 1.98. The Morgan fingerprint density at radius 3 is 2.71 bits per heavy atom. The number of rotatable bonds is 2. The lowest BCUT2D eigenvalue weighted by Gasteiger charge is -2.09. The number of benzene rings is 1. The van der Waals surface area contributed by atoms with Gasteiger partial charge in [0.05, 0.1) is 5.69 Å². The summed E-state index contributed by atoms with van der Waals surface area (Å²) < 4.78 is 14.2. The van der Waals surface area contributed by atoms with E-state index in [1.165, 1.54) is 18.0 Å². The van der Waals surface area contributed by atoms with Gasteiger partial charge in [-0.25, -0.2) is 19.3 Å². The van der Waals surface area contributed by atoms with Crippen LogP contribution in [0, 0.1) is 5.82 Å². The summed E-state index contributed by atoms with van der Waals surface area (Å²) in [6, 6.07) is 6.71. The second kappa shape index (κ2) is 5.46. The molecule has 4 nitrogen and oxygen atoms in total. The molecule has 0 amide bonds. The third-order valence-electron chi connectivity index (χ3n) is 2.96. The van der Waals surface area contributed by atoms with Gasteiger partial charge in [0.15, 0.2) is 16.1 Å². The second-order valence-corrected chi connectivity index (χ2v) is 5.33. The van der Waals surface area contributed by atoms with E-state index in [1.54, 1.807) is 30.5 Å². The van der Waals surface area contributed by atoms with Gasteiger partial charge in [-0.1, -0.05) is 35.5 Å². The summed E-state index contributed by atoms with van der Waals surface area (Å²) in [7, 11) is 0. The van der Waals surface area contributed by atoms with Gasteiger partial charge in [0.1, 0.15) is 11.3 Å². The Morgan fingerprint density at radius 2 is 2.00 bits per heavy atom. The third kappa shape index (κ3) is 2.41. The molecule has 0 fully saturated rings. The lowest BCUT2D eigenvalue weighted by Crippen LogP contribution is -1.97. The zero-order valence-electron chi connectivity index (χ0n) is 10.8. The molecule has 0 unspecified atom stereocenters. The van der Waals surface area contributed by atoms with Gasteiger partial charge in [0.25, 0.3) is 0 Å². The SMILES string of the molecule is CSc1nc(-c2ccccc2O)c2cnc(Cl)c(F)c2n1. The van der Waals surface area contributed by atoms with Crippen LogP contribution in [0.1, 0.15) is 0 Å². The number of phenols is 1. The molecule has 106 valence electrons. The van der Waals surface area contributed by atoms with E-state index < -0.39 is 5.82 Å². The average Bonchev–Trinajstić information content (AvgIpc) is 2.51. The maximum atomic E-state index is 14.2. The Bertz CT molecular complexity index is 844. The Labute approximate surface area is 129 Å². The van der Waals surface area contributed by atoms with E-state index in [2.05, 4.69) is 15.0 Å². The first-order valence-corrected chi connectivity index (χ1v) is 7.56. The van der Waals surface area contributed by atoms with Crippen LogP contribution in [0.4, 0.5) is 4.39 Å². The van der Waals surface area contributed by atoms with Gasteiger partial charge in [-0.05, 0) is 18.4 Å². The molecule has 0 spiro atoms. The first-order chi connectivity index (χ1) is 10.1. The number of hydrogen-bond acceptors (Lipinski definition) is 5. The van der Waals surface area contributed by atoms with Crippen LogP contribution >= 0.6 is 23.4 Å². The van der Waals surface area contributed by atoms with Crippen molar-refractivity contribution in [3.8, 4) is 17.0 Å². The minimum atomic E-state index is -0.691. The molecule has 0 saturated heterocycles. The van der Waals surface area contributed by atoms with Crippen molar-refractivity contribution in [2.75, 3.05) is 6.26 Å². The molecule has 0 saturated carbocycles. The monoisotopic (exact) mass is 321 g/mol. The quantitative estimate of drug-likeness (QED) is 0.440. The molecule has 0 aliphatic rings. The van der Waals surface area contributed by atoms with E-state index in [4.69, 9.17) is 11.6 Å². The predicted octanol–water partition coefficient (Wildman–Crippen LogP) is 3.91. The Kier molecular flexibility index (Phi) is 3.65. The largest absolute Gasteiger partial charge is 0.507 e. The standard InChI is InChI=1S/C14H9ClFN3OS/c1-21-14-18-11(7-4-2-3-5-9(7)20)8-6-17-13(15)10(16)12(8)19-14/h2-6,20H,1H3. The zero-order valence-corrected chi connectivity index (χ0v) is 12.4. The number of hydrogen-bond donors (Lipinski definition) is 1. The third-order valence-corrected chi connectivity index (χ3v) is 3.77. The molecular formula is C14H9ClFN3OS. The number of phenolic OH excluding ortho intramolecular Hbond substituents is 1. The van der Waals surface area contributed by atoms with E-state index >= 15 is 0 Å². The second-order valence-electron chi connectivity index (χ2n) is 4.20. The Balaban J connectivity index is 2.42. The van der Waals surface area contributed by atoms with E-state index in [0.717, 1.165) is 0 Å². The van der Waals surface area contributed by atoms with E-state index in [0.29, 0.717) is 21.8 Å². The van der Waals surface area contributed by atoms with Crippen LogP contribution in [0.2, 0.25) is 5.15 Å². The number of pyridine rings is 1. The topological polar surface area (TPSA) is 58.9 Å². The highest BCUT2D eigenvalue weighted by Gasteiger charge is 2.17. The van der Waals surface area contributed by atoms with Crippen LogP contribution in [0.3, 0.4) is 0 Å². The number of nitrogens with zero attached hydrogens (tertiary/aromatic N) is 3. The van der Waals surface area contributed by atoms with E-state index in [1.807, 2.05) is 0 Å². The summed E-state index contributed by atoms with van der Waals surface area (Å²) in [4.78, 5) is 12.3. The Morgan fingerprint density at radius 1 is 1.24 bits per heavy atom. The molecule has 0 radical (unpaired) electrons. The van der Waals surface area contributed by atoms with Gasteiger partial charge < -0.3 is 5.11 Å². The van der Waals surface area contributed by atoms with Crippen molar-refractivity contribution in [2.24, 2.45) is 0 Å². The molecule has 3 aromatic rings. The van der Waals surface area contributed by atoms with Crippen molar-refractivity contribution in [1.82, 2.24) is 15.0 Å². The number of aromatic hydroxyl groups is 1. The Hall–Kier alpha value is -1.92. The van der Waals surface area contributed by atoms with Crippen molar-refractivity contribution >= 4 is 34.3 Å². The van der Waals surface area contributed by atoms with Gasteiger partial charge >= 0.3 is 0 Å². The van der Waals surface area contributed by atoms with Gasteiger partial charge in [-0.2, -0.15) is 0 Å². The van der Waals surface area contributed by atoms with Crippen molar-refractivity contribution < 1.29 is 9.50 Å². The van der Waals surface area contributed by atoms with Gasteiger partial charge in [-0.15, -0.1) is 0 Å². The molecule has 2 heterocycles. The number of thioether (sulfide) groups is 1. The van der Waals surface area contributed by atoms with Crippen molar-refractivity contribution in [3.05, 3.63) is 41.4 Å². The highest BCUT2D eigenvalue weighted by Crippen LogP contribution is 2.34. The van der Waals surface area contributed by atoms with Crippen LogP contribution in [-0.4, -0.2) is 26.3 Å². The van der Waals surface area contributed by atoms with E-state index in [9.17, 15) is 9.50 Å². The molecule has 0 aliphatic carbocycles. The number of halogens is 2.